The van der Waals surface area contributed by atoms with E-state index in [9.17, 15) is 4.79 Å². The van der Waals surface area contributed by atoms with Crippen LogP contribution in [0.3, 0.4) is 0 Å². The number of amides is 1. The summed E-state index contributed by atoms with van der Waals surface area (Å²) in [5.74, 6) is 0.624. The highest BCUT2D eigenvalue weighted by molar-refractivity contribution is 5.78. The summed E-state index contributed by atoms with van der Waals surface area (Å²) in [4.78, 5) is 14.0. The van der Waals surface area contributed by atoms with E-state index >= 15 is 0 Å². The predicted molar refractivity (Wildman–Crippen MR) is 73.0 cm³/mol. The number of hydrogen-bond acceptors (Lipinski definition) is 4. The van der Waals surface area contributed by atoms with Crippen LogP contribution in [0, 0.1) is 0 Å². The van der Waals surface area contributed by atoms with Crippen LogP contribution >= 0.6 is 0 Å². The van der Waals surface area contributed by atoms with Gasteiger partial charge in [-0.3, -0.25) is 4.79 Å². The van der Waals surface area contributed by atoms with Crippen molar-refractivity contribution in [2.45, 2.75) is 19.4 Å². The van der Waals surface area contributed by atoms with Crippen LogP contribution in [-0.2, 0) is 9.53 Å². The molecule has 104 valence electrons. The third-order valence-electron chi connectivity index (χ3n) is 3.19. The fourth-order valence-electron chi connectivity index (χ4n) is 2.11. The second-order valence-corrected chi connectivity index (χ2v) is 5.27. The normalized spacial score (nSPS) is 18.1. The third kappa shape index (κ3) is 3.38. The molecule has 0 atom stereocenters. The second-order valence-electron chi connectivity index (χ2n) is 5.27. The number of carbonyl (C=O) groups is 1. The van der Waals surface area contributed by atoms with Crippen molar-refractivity contribution in [2.75, 3.05) is 32.1 Å². The number of morpholine rings is 1. The molecule has 0 aliphatic carbocycles. The fourth-order valence-corrected chi connectivity index (χ4v) is 2.11. The Kier molecular flexibility index (Phi) is 3.95. The van der Waals surface area contributed by atoms with Crippen LogP contribution in [0.15, 0.2) is 24.3 Å². The van der Waals surface area contributed by atoms with E-state index in [4.69, 9.17) is 15.2 Å². The van der Waals surface area contributed by atoms with Gasteiger partial charge in [-0.05, 0) is 38.1 Å². The van der Waals surface area contributed by atoms with Gasteiger partial charge in [0, 0.05) is 12.2 Å². The molecule has 1 aromatic carbocycles. The Hall–Kier alpha value is -1.75. The summed E-state index contributed by atoms with van der Waals surface area (Å²) < 4.78 is 10.9. The molecule has 0 spiro atoms. The lowest BCUT2D eigenvalue weighted by Gasteiger charge is -2.42. The summed E-state index contributed by atoms with van der Waals surface area (Å²) in [6.07, 6.45) is 0. The van der Waals surface area contributed by atoms with Gasteiger partial charge in [0.05, 0.1) is 18.8 Å². The molecule has 2 rings (SSSR count). The Balaban J connectivity index is 1.92. The molecule has 19 heavy (non-hydrogen) atoms. The van der Waals surface area contributed by atoms with Crippen molar-refractivity contribution in [3.05, 3.63) is 24.3 Å². The average molecular weight is 264 g/mol. The fraction of sp³-hybridized carbons (Fsp3) is 0.500. The number of nitrogen functional groups attached to an aromatic ring is 1. The summed E-state index contributed by atoms with van der Waals surface area (Å²) in [5, 5.41) is 0. The maximum Gasteiger partial charge on any atom is 0.261 e. The Morgan fingerprint density at radius 1 is 1.42 bits per heavy atom. The van der Waals surface area contributed by atoms with Gasteiger partial charge in [-0.25, -0.2) is 0 Å². The van der Waals surface area contributed by atoms with Gasteiger partial charge in [0.25, 0.3) is 5.91 Å². The summed E-state index contributed by atoms with van der Waals surface area (Å²) in [6, 6.07) is 7.01. The van der Waals surface area contributed by atoms with Crippen LogP contribution in [0.1, 0.15) is 13.8 Å². The molecule has 1 aromatic rings. The Morgan fingerprint density at radius 2 is 2.11 bits per heavy atom. The molecule has 1 saturated heterocycles. The van der Waals surface area contributed by atoms with Crippen molar-refractivity contribution in [1.82, 2.24) is 4.90 Å². The molecular formula is C14H20N2O3. The first kappa shape index (κ1) is 13.7. The van der Waals surface area contributed by atoms with Crippen LogP contribution in [0.5, 0.6) is 5.75 Å². The lowest BCUT2D eigenvalue weighted by molar-refractivity contribution is -0.148. The van der Waals surface area contributed by atoms with E-state index < -0.39 is 0 Å². The second kappa shape index (κ2) is 5.48. The number of ether oxygens (including phenoxy) is 2. The standard InChI is InChI=1S/C14H20N2O3/c1-14(2)10-18-8-7-16(14)13(17)9-19-12-5-3-11(15)4-6-12/h3-6H,7-10,15H2,1-2H3. The van der Waals surface area contributed by atoms with Crippen molar-refractivity contribution in [3.8, 4) is 5.75 Å². The zero-order chi connectivity index (χ0) is 13.9. The molecule has 0 bridgehead atoms. The average Bonchev–Trinajstić information content (AvgIpc) is 2.37. The highest BCUT2D eigenvalue weighted by Crippen LogP contribution is 2.19. The van der Waals surface area contributed by atoms with E-state index in [-0.39, 0.29) is 18.1 Å². The zero-order valence-electron chi connectivity index (χ0n) is 11.4. The molecule has 1 fully saturated rings. The van der Waals surface area contributed by atoms with Crippen molar-refractivity contribution in [1.29, 1.82) is 0 Å². The molecule has 2 N–H and O–H groups in total. The zero-order valence-corrected chi connectivity index (χ0v) is 11.4. The smallest absolute Gasteiger partial charge is 0.261 e. The monoisotopic (exact) mass is 264 g/mol. The minimum Gasteiger partial charge on any atom is -0.484 e. The Labute approximate surface area is 113 Å². The van der Waals surface area contributed by atoms with Crippen LogP contribution in [0.2, 0.25) is 0 Å². The number of nitrogens with two attached hydrogens (primary N) is 1. The minimum absolute atomic E-state index is 0.0230. The molecule has 1 aliphatic rings. The molecule has 0 aromatic heterocycles. The summed E-state index contributed by atoms with van der Waals surface area (Å²) in [6.45, 7) is 5.77. The summed E-state index contributed by atoms with van der Waals surface area (Å²) in [5.41, 5.74) is 5.99. The van der Waals surface area contributed by atoms with E-state index in [1.165, 1.54) is 0 Å². The number of hydrogen-bond donors (Lipinski definition) is 1. The first-order valence-corrected chi connectivity index (χ1v) is 6.35. The Morgan fingerprint density at radius 3 is 2.74 bits per heavy atom. The van der Waals surface area contributed by atoms with E-state index in [1.54, 1.807) is 24.3 Å². The number of anilines is 1. The first-order chi connectivity index (χ1) is 8.99. The van der Waals surface area contributed by atoms with E-state index in [2.05, 4.69) is 0 Å². The van der Waals surface area contributed by atoms with Crippen LogP contribution in [0.4, 0.5) is 5.69 Å². The largest absolute Gasteiger partial charge is 0.484 e. The topological polar surface area (TPSA) is 64.8 Å². The van der Waals surface area contributed by atoms with Gasteiger partial charge in [0.1, 0.15) is 5.75 Å². The molecule has 1 heterocycles. The number of nitrogens with zero attached hydrogens (tertiary/aromatic N) is 1. The van der Waals surface area contributed by atoms with Crippen LogP contribution in [-0.4, -0.2) is 42.7 Å². The van der Waals surface area contributed by atoms with Gasteiger partial charge in [0.15, 0.2) is 6.61 Å². The molecule has 0 saturated carbocycles. The van der Waals surface area contributed by atoms with E-state index in [1.807, 2.05) is 18.7 Å². The summed E-state index contributed by atoms with van der Waals surface area (Å²) in [7, 11) is 0. The predicted octanol–water partition coefficient (Wildman–Crippen LogP) is 1.28. The molecule has 5 nitrogen and oxygen atoms in total. The third-order valence-corrected chi connectivity index (χ3v) is 3.19. The number of benzene rings is 1. The molecule has 0 radical (unpaired) electrons. The van der Waals surface area contributed by atoms with Gasteiger partial charge in [-0.15, -0.1) is 0 Å². The lowest BCUT2D eigenvalue weighted by Crippen LogP contribution is -2.56. The van der Waals surface area contributed by atoms with Crippen molar-refractivity contribution < 1.29 is 14.3 Å². The summed E-state index contributed by atoms with van der Waals surface area (Å²) >= 11 is 0. The SMILES string of the molecule is CC1(C)COCCN1C(=O)COc1ccc(N)cc1. The maximum absolute atomic E-state index is 12.2. The maximum atomic E-state index is 12.2. The highest BCUT2D eigenvalue weighted by atomic mass is 16.5. The first-order valence-electron chi connectivity index (χ1n) is 6.35. The van der Waals surface area contributed by atoms with Crippen molar-refractivity contribution >= 4 is 11.6 Å². The van der Waals surface area contributed by atoms with Crippen LogP contribution in [0.25, 0.3) is 0 Å². The van der Waals surface area contributed by atoms with Gasteiger partial charge in [-0.2, -0.15) is 0 Å². The van der Waals surface area contributed by atoms with Gasteiger partial charge < -0.3 is 20.1 Å². The molecule has 5 heteroatoms. The number of carbonyl (C=O) groups excluding carboxylic acids is 1. The highest BCUT2D eigenvalue weighted by Gasteiger charge is 2.34. The van der Waals surface area contributed by atoms with E-state index in [0.717, 1.165) is 0 Å². The van der Waals surface area contributed by atoms with E-state index in [0.29, 0.717) is 31.2 Å². The molecular weight excluding hydrogens is 244 g/mol. The number of rotatable bonds is 3. The lowest BCUT2D eigenvalue weighted by atomic mass is 10.0. The quantitative estimate of drug-likeness (QED) is 0.835. The van der Waals surface area contributed by atoms with Gasteiger partial charge in [0.2, 0.25) is 0 Å². The molecule has 1 amide bonds. The Bertz CT molecular complexity index is 443. The van der Waals surface area contributed by atoms with Gasteiger partial charge in [-0.1, -0.05) is 0 Å². The van der Waals surface area contributed by atoms with Crippen molar-refractivity contribution in [3.63, 3.8) is 0 Å². The van der Waals surface area contributed by atoms with Crippen molar-refractivity contribution in [2.24, 2.45) is 0 Å². The van der Waals surface area contributed by atoms with Gasteiger partial charge >= 0.3 is 0 Å². The minimum atomic E-state index is -0.278. The van der Waals surface area contributed by atoms with Crippen LogP contribution < -0.4 is 10.5 Å². The molecule has 0 unspecified atom stereocenters. The molecule has 1 aliphatic heterocycles.